The summed E-state index contributed by atoms with van der Waals surface area (Å²) >= 11 is 0. The SMILES string of the molecule is COc1ccccc1CCNC(=O)c1ccnc(N2CCc3ccccc32)n1. The summed E-state index contributed by atoms with van der Waals surface area (Å²) < 4.78 is 5.35. The van der Waals surface area contributed by atoms with Crippen molar-refractivity contribution in [2.75, 3.05) is 25.1 Å². The van der Waals surface area contributed by atoms with Gasteiger partial charge < -0.3 is 15.0 Å². The first kappa shape index (κ1) is 18.0. The van der Waals surface area contributed by atoms with Crippen molar-refractivity contribution in [3.05, 3.63) is 77.6 Å². The van der Waals surface area contributed by atoms with Crippen LogP contribution in [0.2, 0.25) is 0 Å². The monoisotopic (exact) mass is 374 g/mol. The van der Waals surface area contributed by atoms with Crippen LogP contribution in [0.4, 0.5) is 11.6 Å². The number of methoxy groups -OCH3 is 1. The van der Waals surface area contributed by atoms with Crippen molar-refractivity contribution in [3.8, 4) is 5.75 Å². The highest BCUT2D eigenvalue weighted by Crippen LogP contribution is 2.32. The molecular formula is C22H22N4O2. The van der Waals surface area contributed by atoms with Crippen molar-refractivity contribution in [2.24, 2.45) is 0 Å². The Bertz CT molecular complexity index is 990. The van der Waals surface area contributed by atoms with Crippen molar-refractivity contribution < 1.29 is 9.53 Å². The van der Waals surface area contributed by atoms with Gasteiger partial charge in [0.15, 0.2) is 0 Å². The molecule has 1 aliphatic heterocycles. The zero-order valence-corrected chi connectivity index (χ0v) is 15.8. The highest BCUT2D eigenvalue weighted by atomic mass is 16.5. The molecule has 0 bridgehead atoms. The van der Waals surface area contributed by atoms with Crippen LogP contribution >= 0.6 is 0 Å². The molecule has 142 valence electrons. The van der Waals surface area contributed by atoms with Crippen LogP contribution in [0.1, 0.15) is 21.6 Å². The van der Waals surface area contributed by atoms with E-state index < -0.39 is 0 Å². The molecule has 0 unspecified atom stereocenters. The van der Waals surface area contributed by atoms with Crippen LogP contribution in [0.5, 0.6) is 5.75 Å². The molecule has 6 nitrogen and oxygen atoms in total. The Morgan fingerprint density at radius 1 is 1.14 bits per heavy atom. The minimum absolute atomic E-state index is 0.203. The molecule has 4 rings (SSSR count). The quantitative estimate of drug-likeness (QED) is 0.718. The number of benzene rings is 2. The van der Waals surface area contributed by atoms with Gasteiger partial charge in [0.05, 0.1) is 7.11 Å². The minimum atomic E-state index is -0.203. The molecule has 0 spiro atoms. The van der Waals surface area contributed by atoms with E-state index in [2.05, 4.69) is 32.3 Å². The molecule has 1 aromatic heterocycles. The average Bonchev–Trinajstić information content (AvgIpc) is 3.18. The summed E-state index contributed by atoms with van der Waals surface area (Å²) in [5.41, 5.74) is 3.81. The summed E-state index contributed by atoms with van der Waals surface area (Å²) in [6, 6.07) is 17.7. The predicted molar refractivity (Wildman–Crippen MR) is 108 cm³/mol. The lowest BCUT2D eigenvalue weighted by Crippen LogP contribution is -2.27. The van der Waals surface area contributed by atoms with Crippen molar-refractivity contribution in [3.63, 3.8) is 0 Å². The Labute approximate surface area is 164 Å². The number of aromatic nitrogens is 2. The lowest BCUT2D eigenvalue weighted by Gasteiger charge is -2.17. The van der Waals surface area contributed by atoms with Crippen LogP contribution in [0.3, 0.4) is 0 Å². The molecule has 0 aliphatic carbocycles. The number of hydrogen-bond acceptors (Lipinski definition) is 5. The van der Waals surface area contributed by atoms with Gasteiger partial charge in [-0.3, -0.25) is 4.79 Å². The molecule has 28 heavy (non-hydrogen) atoms. The van der Waals surface area contributed by atoms with Gasteiger partial charge in [0, 0.05) is 25.0 Å². The number of carbonyl (C=O) groups excluding carboxylic acids is 1. The number of amides is 1. The van der Waals surface area contributed by atoms with E-state index in [-0.39, 0.29) is 5.91 Å². The number of nitrogens with zero attached hydrogens (tertiary/aromatic N) is 3. The maximum Gasteiger partial charge on any atom is 0.270 e. The zero-order valence-electron chi connectivity index (χ0n) is 15.8. The largest absolute Gasteiger partial charge is 0.496 e. The molecule has 0 radical (unpaired) electrons. The second-order valence-corrected chi connectivity index (χ2v) is 6.59. The van der Waals surface area contributed by atoms with Gasteiger partial charge in [0.2, 0.25) is 5.95 Å². The fourth-order valence-electron chi connectivity index (χ4n) is 3.46. The molecule has 1 aliphatic rings. The molecule has 0 saturated carbocycles. The van der Waals surface area contributed by atoms with E-state index in [0.717, 1.165) is 30.0 Å². The van der Waals surface area contributed by atoms with E-state index in [1.807, 2.05) is 36.4 Å². The number of rotatable bonds is 6. The molecule has 0 atom stereocenters. The van der Waals surface area contributed by atoms with Crippen LogP contribution in [-0.2, 0) is 12.8 Å². The van der Waals surface area contributed by atoms with Crippen molar-refractivity contribution in [2.45, 2.75) is 12.8 Å². The summed E-state index contributed by atoms with van der Waals surface area (Å²) in [6.07, 6.45) is 3.28. The Morgan fingerprint density at radius 3 is 2.86 bits per heavy atom. The van der Waals surface area contributed by atoms with E-state index in [4.69, 9.17) is 4.74 Å². The highest BCUT2D eigenvalue weighted by molar-refractivity contribution is 5.92. The third-order valence-electron chi connectivity index (χ3n) is 4.88. The van der Waals surface area contributed by atoms with Gasteiger partial charge in [-0.05, 0) is 42.2 Å². The lowest BCUT2D eigenvalue weighted by atomic mass is 10.1. The number of para-hydroxylation sites is 2. The fourth-order valence-corrected chi connectivity index (χ4v) is 3.46. The van der Waals surface area contributed by atoms with Gasteiger partial charge in [-0.2, -0.15) is 0 Å². The number of nitrogens with one attached hydrogen (secondary N) is 1. The molecular weight excluding hydrogens is 352 g/mol. The summed E-state index contributed by atoms with van der Waals surface area (Å²) in [6.45, 7) is 1.32. The van der Waals surface area contributed by atoms with E-state index in [0.29, 0.717) is 24.6 Å². The molecule has 2 aromatic carbocycles. The summed E-state index contributed by atoms with van der Waals surface area (Å²) in [5.74, 6) is 1.18. The van der Waals surface area contributed by atoms with Crippen LogP contribution in [0.25, 0.3) is 0 Å². The standard InChI is InChI=1S/C22H22N4O2/c1-28-20-9-5-3-7-17(20)10-13-23-21(27)18-11-14-24-22(25-18)26-15-12-16-6-2-4-8-19(16)26/h2-9,11,14H,10,12-13,15H2,1H3,(H,23,27). The van der Waals surface area contributed by atoms with E-state index in [9.17, 15) is 4.79 Å². The van der Waals surface area contributed by atoms with E-state index >= 15 is 0 Å². The van der Waals surface area contributed by atoms with E-state index in [1.54, 1.807) is 19.4 Å². The third-order valence-corrected chi connectivity index (χ3v) is 4.88. The van der Waals surface area contributed by atoms with Crippen LogP contribution in [0, 0.1) is 0 Å². The Kier molecular flexibility index (Phi) is 5.19. The van der Waals surface area contributed by atoms with Crippen molar-refractivity contribution >= 4 is 17.5 Å². The smallest absolute Gasteiger partial charge is 0.270 e. The maximum atomic E-state index is 12.6. The summed E-state index contributed by atoms with van der Waals surface area (Å²) in [7, 11) is 1.65. The first-order chi connectivity index (χ1) is 13.8. The van der Waals surface area contributed by atoms with Gasteiger partial charge in [0.1, 0.15) is 11.4 Å². The van der Waals surface area contributed by atoms with E-state index in [1.165, 1.54) is 5.56 Å². The van der Waals surface area contributed by atoms with Crippen molar-refractivity contribution in [1.29, 1.82) is 0 Å². The van der Waals surface area contributed by atoms with Gasteiger partial charge in [-0.25, -0.2) is 9.97 Å². The van der Waals surface area contributed by atoms with Gasteiger partial charge in [0.25, 0.3) is 5.91 Å². The normalized spacial score (nSPS) is 12.5. The highest BCUT2D eigenvalue weighted by Gasteiger charge is 2.22. The second-order valence-electron chi connectivity index (χ2n) is 6.59. The summed E-state index contributed by atoms with van der Waals surface area (Å²) in [5, 5.41) is 2.93. The Hall–Kier alpha value is -3.41. The fraction of sp³-hybridized carbons (Fsp3) is 0.227. The zero-order chi connectivity index (χ0) is 19.3. The number of fused-ring (bicyclic) bond motifs is 1. The predicted octanol–water partition coefficient (Wildman–Crippen LogP) is 3.15. The summed E-state index contributed by atoms with van der Waals surface area (Å²) in [4.78, 5) is 23.5. The number of hydrogen-bond donors (Lipinski definition) is 1. The minimum Gasteiger partial charge on any atom is -0.496 e. The number of ether oxygens (including phenoxy) is 1. The van der Waals surface area contributed by atoms with Gasteiger partial charge >= 0.3 is 0 Å². The molecule has 3 aromatic rings. The lowest BCUT2D eigenvalue weighted by molar-refractivity contribution is 0.0949. The topological polar surface area (TPSA) is 67.3 Å². The third kappa shape index (κ3) is 3.67. The number of anilines is 2. The van der Waals surface area contributed by atoms with Crippen molar-refractivity contribution in [1.82, 2.24) is 15.3 Å². The molecule has 2 heterocycles. The maximum absolute atomic E-state index is 12.6. The van der Waals surface area contributed by atoms with Crippen LogP contribution < -0.4 is 15.0 Å². The molecule has 0 fully saturated rings. The average molecular weight is 374 g/mol. The molecule has 1 N–H and O–H groups in total. The second kappa shape index (κ2) is 8.08. The van der Waals surface area contributed by atoms with Gasteiger partial charge in [-0.15, -0.1) is 0 Å². The van der Waals surface area contributed by atoms with Crippen LogP contribution in [0.15, 0.2) is 60.8 Å². The Morgan fingerprint density at radius 2 is 1.96 bits per heavy atom. The molecule has 6 heteroatoms. The van der Waals surface area contributed by atoms with Gasteiger partial charge in [-0.1, -0.05) is 36.4 Å². The number of carbonyl (C=O) groups is 1. The molecule has 1 amide bonds. The first-order valence-corrected chi connectivity index (χ1v) is 9.35. The first-order valence-electron chi connectivity index (χ1n) is 9.35. The van der Waals surface area contributed by atoms with Crippen LogP contribution in [-0.4, -0.2) is 36.1 Å². The molecule has 0 saturated heterocycles. The Balaban J connectivity index is 1.42.